The Hall–Kier alpha value is -2.53. The molecule has 1 aliphatic heterocycles. The fraction of sp³-hybridized carbons (Fsp3) is 0.409. The minimum Gasteiger partial charge on any atom is -0.497 e. The highest BCUT2D eigenvalue weighted by Gasteiger charge is 2.32. The number of ether oxygens (including phenoxy) is 2. The predicted octanol–water partition coefficient (Wildman–Crippen LogP) is 3.90. The average molecular weight is 369 g/mol. The third kappa shape index (κ3) is 4.08. The maximum atomic E-state index is 11.3. The molecule has 1 fully saturated rings. The number of hydrogen-bond donors (Lipinski definition) is 1. The zero-order valence-electron chi connectivity index (χ0n) is 16.1. The zero-order valence-corrected chi connectivity index (χ0v) is 16.1. The van der Waals surface area contributed by atoms with Crippen molar-refractivity contribution in [3.05, 3.63) is 59.2 Å². The van der Waals surface area contributed by atoms with E-state index in [9.17, 15) is 9.90 Å². The molecule has 5 heteroatoms. The molecule has 0 aromatic heterocycles. The summed E-state index contributed by atoms with van der Waals surface area (Å²) in [5.41, 5.74) is 3.50. The number of aryl methyl sites for hydroxylation is 1. The molecular formula is C22H27NO4. The number of aliphatic carboxylic acids is 1. The topological polar surface area (TPSA) is 59.0 Å². The van der Waals surface area contributed by atoms with Crippen molar-refractivity contribution in [1.29, 1.82) is 0 Å². The van der Waals surface area contributed by atoms with Crippen LogP contribution in [-0.4, -0.2) is 43.3 Å². The van der Waals surface area contributed by atoms with Crippen LogP contribution in [0.1, 0.15) is 35.6 Å². The van der Waals surface area contributed by atoms with Gasteiger partial charge >= 0.3 is 5.97 Å². The molecule has 144 valence electrons. The summed E-state index contributed by atoms with van der Waals surface area (Å²) in [4.78, 5) is 13.7. The van der Waals surface area contributed by atoms with E-state index in [1.807, 2.05) is 18.2 Å². The Morgan fingerprint density at radius 1 is 1.07 bits per heavy atom. The molecule has 2 aromatic rings. The Morgan fingerprint density at radius 3 is 2.37 bits per heavy atom. The molecular weight excluding hydrogens is 342 g/mol. The van der Waals surface area contributed by atoms with Gasteiger partial charge in [-0.1, -0.05) is 24.3 Å². The number of piperidine rings is 1. The lowest BCUT2D eigenvalue weighted by Crippen LogP contribution is -2.39. The number of carboxylic acid groups (broad SMARTS) is 1. The van der Waals surface area contributed by atoms with Crippen LogP contribution in [0.4, 0.5) is 0 Å². The predicted molar refractivity (Wildman–Crippen MR) is 105 cm³/mol. The van der Waals surface area contributed by atoms with Crippen LogP contribution in [0.2, 0.25) is 0 Å². The Labute approximate surface area is 160 Å². The molecule has 0 amide bonds. The maximum Gasteiger partial charge on any atom is 0.306 e. The number of carboxylic acids is 1. The summed E-state index contributed by atoms with van der Waals surface area (Å²) >= 11 is 0. The van der Waals surface area contributed by atoms with Gasteiger partial charge in [0.25, 0.3) is 0 Å². The SMILES string of the molecule is COc1ccc(C(c2ccccc2C)N2CCC(C(=O)O)CC2)c(OC)c1. The van der Waals surface area contributed by atoms with Gasteiger partial charge in [-0.05, 0) is 56.1 Å². The number of rotatable bonds is 6. The number of nitrogens with zero attached hydrogens (tertiary/aromatic N) is 1. The van der Waals surface area contributed by atoms with Crippen molar-refractivity contribution in [2.45, 2.75) is 25.8 Å². The summed E-state index contributed by atoms with van der Waals surface area (Å²) in [6.45, 7) is 3.60. The summed E-state index contributed by atoms with van der Waals surface area (Å²) in [5, 5.41) is 9.33. The molecule has 0 saturated carbocycles. The Morgan fingerprint density at radius 2 is 1.78 bits per heavy atom. The highest BCUT2D eigenvalue weighted by atomic mass is 16.5. The maximum absolute atomic E-state index is 11.3. The van der Waals surface area contributed by atoms with Gasteiger partial charge in [0.15, 0.2) is 0 Å². The first kappa shape index (κ1) is 19.2. The molecule has 3 rings (SSSR count). The molecule has 1 aliphatic rings. The van der Waals surface area contributed by atoms with Crippen LogP contribution in [0.3, 0.4) is 0 Å². The second-order valence-corrected chi connectivity index (χ2v) is 7.02. The van der Waals surface area contributed by atoms with Gasteiger partial charge in [0.05, 0.1) is 26.2 Å². The van der Waals surface area contributed by atoms with Gasteiger partial charge in [0.1, 0.15) is 11.5 Å². The lowest BCUT2D eigenvalue weighted by Gasteiger charge is -2.38. The third-order valence-electron chi connectivity index (χ3n) is 5.46. The molecule has 1 N–H and O–H groups in total. The van der Waals surface area contributed by atoms with E-state index in [0.717, 1.165) is 30.2 Å². The standard InChI is InChI=1S/C22H27NO4/c1-15-6-4-5-7-18(15)21(23-12-10-16(11-13-23)22(24)25)19-9-8-17(26-2)14-20(19)27-3/h4-9,14,16,21H,10-13H2,1-3H3,(H,24,25). The fourth-order valence-corrected chi connectivity index (χ4v) is 3.90. The van der Waals surface area contributed by atoms with Crippen LogP contribution < -0.4 is 9.47 Å². The summed E-state index contributed by atoms with van der Waals surface area (Å²) in [6.07, 6.45) is 1.33. The average Bonchev–Trinajstić information content (AvgIpc) is 2.70. The van der Waals surface area contributed by atoms with Crippen LogP contribution >= 0.6 is 0 Å². The fourth-order valence-electron chi connectivity index (χ4n) is 3.90. The minimum atomic E-state index is -0.691. The Bertz CT molecular complexity index is 797. The number of likely N-dealkylation sites (tertiary alicyclic amines) is 1. The third-order valence-corrected chi connectivity index (χ3v) is 5.46. The van der Waals surface area contributed by atoms with Gasteiger partial charge in [-0.15, -0.1) is 0 Å². The van der Waals surface area contributed by atoms with Crippen molar-refractivity contribution in [2.75, 3.05) is 27.3 Å². The molecule has 2 aromatic carbocycles. The normalized spacial score (nSPS) is 16.7. The van der Waals surface area contributed by atoms with Gasteiger partial charge in [0, 0.05) is 11.6 Å². The Balaban J connectivity index is 2.02. The number of hydrogen-bond acceptors (Lipinski definition) is 4. The Kier molecular flexibility index (Phi) is 6.01. The largest absolute Gasteiger partial charge is 0.497 e. The van der Waals surface area contributed by atoms with E-state index < -0.39 is 5.97 Å². The first-order chi connectivity index (χ1) is 13.0. The summed E-state index contributed by atoms with van der Waals surface area (Å²) in [6, 6.07) is 14.3. The van der Waals surface area contributed by atoms with Gasteiger partial charge in [-0.2, -0.15) is 0 Å². The van der Waals surface area contributed by atoms with Crippen molar-refractivity contribution in [3.63, 3.8) is 0 Å². The molecule has 1 heterocycles. The van der Waals surface area contributed by atoms with Crippen molar-refractivity contribution >= 4 is 5.97 Å². The summed E-state index contributed by atoms with van der Waals surface area (Å²) in [7, 11) is 3.31. The van der Waals surface area contributed by atoms with Crippen LogP contribution in [0.15, 0.2) is 42.5 Å². The van der Waals surface area contributed by atoms with E-state index in [-0.39, 0.29) is 12.0 Å². The van der Waals surface area contributed by atoms with Gasteiger partial charge < -0.3 is 14.6 Å². The van der Waals surface area contributed by atoms with E-state index in [0.29, 0.717) is 12.8 Å². The van der Waals surface area contributed by atoms with Gasteiger partial charge in [-0.25, -0.2) is 0 Å². The van der Waals surface area contributed by atoms with Crippen molar-refractivity contribution in [1.82, 2.24) is 4.90 Å². The second kappa shape index (κ2) is 8.44. The molecule has 1 atom stereocenters. The molecule has 1 saturated heterocycles. The molecule has 0 aliphatic carbocycles. The lowest BCUT2D eigenvalue weighted by molar-refractivity contribution is -0.143. The van der Waals surface area contributed by atoms with E-state index in [1.54, 1.807) is 14.2 Å². The summed E-state index contributed by atoms with van der Waals surface area (Å²) in [5.74, 6) is 0.590. The number of carbonyl (C=O) groups is 1. The number of benzene rings is 2. The first-order valence-electron chi connectivity index (χ1n) is 9.29. The second-order valence-electron chi connectivity index (χ2n) is 7.02. The van der Waals surface area contributed by atoms with Gasteiger partial charge in [0.2, 0.25) is 0 Å². The van der Waals surface area contributed by atoms with E-state index in [1.165, 1.54) is 11.1 Å². The summed E-state index contributed by atoms with van der Waals surface area (Å²) < 4.78 is 11.0. The molecule has 0 radical (unpaired) electrons. The molecule has 5 nitrogen and oxygen atoms in total. The van der Waals surface area contributed by atoms with Crippen LogP contribution in [0.5, 0.6) is 11.5 Å². The van der Waals surface area contributed by atoms with Crippen LogP contribution in [-0.2, 0) is 4.79 Å². The lowest BCUT2D eigenvalue weighted by atomic mass is 9.89. The molecule has 0 bridgehead atoms. The van der Waals surface area contributed by atoms with Crippen molar-refractivity contribution in [2.24, 2.45) is 5.92 Å². The van der Waals surface area contributed by atoms with Crippen LogP contribution in [0.25, 0.3) is 0 Å². The number of methoxy groups -OCH3 is 2. The van der Waals surface area contributed by atoms with Crippen molar-refractivity contribution in [3.8, 4) is 11.5 Å². The quantitative estimate of drug-likeness (QED) is 0.837. The van der Waals surface area contributed by atoms with E-state index >= 15 is 0 Å². The van der Waals surface area contributed by atoms with Crippen molar-refractivity contribution < 1.29 is 19.4 Å². The highest BCUT2D eigenvalue weighted by Crippen LogP contribution is 2.39. The minimum absolute atomic E-state index is 0.0156. The monoisotopic (exact) mass is 369 g/mol. The van der Waals surface area contributed by atoms with E-state index in [4.69, 9.17) is 9.47 Å². The van der Waals surface area contributed by atoms with E-state index in [2.05, 4.69) is 36.1 Å². The zero-order chi connectivity index (χ0) is 19.4. The van der Waals surface area contributed by atoms with Gasteiger partial charge in [-0.3, -0.25) is 9.69 Å². The first-order valence-corrected chi connectivity index (χ1v) is 9.29. The molecule has 1 unspecified atom stereocenters. The smallest absolute Gasteiger partial charge is 0.306 e. The van der Waals surface area contributed by atoms with Crippen LogP contribution in [0, 0.1) is 12.8 Å². The molecule has 0 spiro atoms. The highest BCUT2D eigenvalue weighted by molar-refractivity contribution is 5.70. The molecule has 27 heavy (non-hydrogen) atoms.